The van der Waals surface area contributed by atoms with Gasteiger partial charge in [-0.2, -0.15) is 5.10 Å². The van der Waals surface area contributed by atoms with Gasteiger partial charge >= 0.3 is 0 Å². The molecule has 7 heteroatoms. The summed E-state index contributed by atoms with van der Waals surface area (Å²) >= 11 is 0. The largest absolute Gasteiger partial charge is 0.350 e. The minimum atomic E-state index is 0.0712. The van der Waals surface area contributed by atoms with E-state index in [0.29, 0.717) is 24.4 Å². The highest BCUT2D eigenvalue weighted by molar-refractivity contribution is 5.81. The fraction of sp³-hybridized carbons (Fsp3) is 0.773. The van der Waals surface area contributed by atoms with Crippen molar-refractivity contribution < 1.29 is 9.59 Å². The number of piperidine rings is 2. The summed E-state index contributed by atoms with van der Waals surface area (Å²) in [6, 6.07) is 0.517. The maximum absolute atomic E-state index is 12.8. The Morgan fingerprint density at radius 1 is 1.00 bits per heavy atom. The number of hydrogen-bond acceptors (Lipinski definition) is 4. The highest BCUT2D eigenvalue weighted by Crippen LogP contribution is 2.32. The van der Waals surface area contributed by atoms with Crippen LogP contribution in [0.4, 0.5) is 0 Å². The van der Waals surface area contributed by atoms with Gasteiger partial charge in [-0.25, -0.2) is 0 Å². The van der Waals surface area contributed by atoms with Gasteiger partial charge in [0.25, 0.3) is 0 Å². The first-order valence-electron chi connectivity index (χ1n) is 11.5. The van der Waals surface area contributed by atoms with Gasteiger partial charge in [-0.1, -0.05) is 0 Å². The lowest BCUT2D eigenvalue weighted by atomic mass is 9.93. The summed E-state index contributed by atoms with van der Waals surface area (Å²) in [4.78, 5) is 29.7. The summed E-state index contributed by atoms with van der Waals surface area (Å²) in [7, 11) is 0. The zero-order chi connectivity index (χ0) is 19.8. The Hall–Kier alpha value is -1.89. The Bertz CT molecular complexity index is 763. The number of rotatable bonds is 5. The van der Waals surface area contributed by atoms with Gasteiger partial charge in [-0.15, -0.1) is 0 Å². The molecule has 1 aromatic rings. The molecular formula is C22H33N5O2. The third-order valence-corrected chi connectivity index (χ3v) is 7.36. The number of carbonyl (C=O) groups excluding carboxylic acids is 2. The van der Waals surface area contributed by atoms with Gasteiger partial charge in [-0.3, -0.25) is 19.6 Å². The van der Waals surface area contributed by atoms with E-state index in [4.69, 9.17) is 0 Å². The molecule has 2 aliphatic heterocycles. The second kappa shape index (κ2) is 8.09. The standard InChI is InChI=1S/C22H33N5O2/c28-21(23-13-20-18-4-1-5-19(18)24-25-20)16-3-2-10-27(14-16)17-8-11-26(12-9-17)22(29)15-6-7-15/h15-17H,1-14H2,(H,23,28)(H,24,25)/t16-/m1/s1. The Morgan fingerprint density at radius 2 is 1.83 bits per heavy atom. The summed E-state index contributed by atoms with van der Waals surface area (Å²) < 4.78 is 0. The SMILES string of the molecule is O=C(NCc1n[nH]c2c1CCC2)[C@@H]1CCCN(C2CCN(C(=O)C3CC3)CC2)C1. The van der Waals surface area contributed by atoms with E-state index < -0.39 is 0 Å². The van der Waals surface area contributed by atoms with Crippen LogP contribution in [-0.2, 0) is 29.0 Å². The van der Waals surface area contributed by atoms with Crippen molar-refractivity contribution in [2.45, 2.75) is 70.4 Å². The molecule has 4 aliphatic rings. The summed E-state index contributed by atoms with van der Waals surface area (Å²) in [5, 5.41) is 10.7. The van der Waals surface area contributed by atoms with Crippen LogP contribution in [0.2, 0.25) is 0 Å². The van der Waals surface area contributed by atoms with Crippen molar-refractivity contribution >= 4 is 11.8 Å². The van der Waals surface area contributed by atoms with E-state index in [1.165, 1.54) is 17.7 Å². The van der Waals surface area contributed by atoms with E-state index in [2.05, 4.69) is 25.3 Å². The maximum atomic E-state index is 12.8. The molecule has 0 spiro atoms. The topological polar surface area (TPSA) is 81.3 Å². The lowest BCUT2D eigenvalue weighted by molar-refractivity contribution is -0.134. The van der Waals surface area contributed by atoms with Crippen LogP contribution in [0.15, 0.2) is 0 Å². The molecule has 3 fully saturated rings. The third kappa shape index (κ3) is 4.06. The second-order valence-electron chi connectivity index (χ2n) is 9.36. The molecule has 0 radical (unpaired) electrons. The molecular weight excluding hydrogens is 366 g/mol. The van der Waals surface area contributed by atoms with Crippen molar-refractivity contribution in [3.63, 3.8) is 0 Å². The monoisotopic (exact) mass is 399 g/mol. The lowest BCUT2D eigenvalue weighted by Crippen LogP contribution is -2.51. The summed E-state index contributed by atoms with van der Waals surface area (Å²) in [6.45, 7) is 4.25. The van der Waals surface area contributed by atoms with Crippen LogP contribution in [0.3, 0.4) is 0 Å². The molecule has 3 heterocycles. The molecule has 1 atom stereocenters. The number of amides is 2. The molecule has 0 bridgehead atoms. The van der Waals surface area contributed by atoms with Crippen molar-refractivity contribution in [2.75, 3.05) is 26.2 Å². The number of nitrogens with one attached hydrogen (secondary N) is 2. The highest BCUT2D eigenvalue weighted by Gasteiger charge is 2.37. The number of aromatic nitrogens is 2. The lowest BCUT2D eigenvalue weighted by Gasteiger charge is -2.42. The molecule has 2 aliphatic carbocycles. The molecule has 7 nitrogen and oxygen atoms in total. The van der Waals surface area contributed by atoms with E-state index in [9.17, 15) is 9.59 Å². The van der Waals surface area contributed by atoms with Crippen LogP contribution in [0, 0.1) is 11.8 Å². The van der Waals surface area contributed by atoms with Crippen molar-refractivity contribution in [1.29, 1.82) is 0 Å². The summed E-state index contributed by atoms with van der Waals surface area (Å²) in [5.41, 5.74) is 3.60. The number of aromatic amines is 1. The zero-order valence-corrected chi connectivity index (χ0v) is 17.3. The molecule has 2 N–H and O–H groups in total. The molecule has 1 saturated carbocycles. The van der Waals surface area contributed by atoms with Crippen LogP contribution in [0.1, 0.15) is 61.9 Å². The molecule has 29 heavy (non-hydrogen) atoms. The Morgan fingerprint density at radius 3 is 2.62 bits per heavy atom. The first kappa shape index (κ1) is 19.1. The molecule has 2 amide bonds. The number of aryl methyl sites for hydroxylation is 1. The zero-order valence-electron chi connectivity index (χ0n) is 17.3. The quantitative estimate of drug-likeness (QED) is 0.789. The fourth-order valence-electron chi connectivity index (χ4n) is 5.44. The van der Waals surface area contributed by atoms with Gasteiger partial charge in [0, 0.05) is 37.3 Å². The normalized spacial score (nSPS) is 25.8. The van der Waals surface area contributed by atoms with E-state index in [1.807, 2.05) is 0 Å². The number of hydrogen-bond donors (Lipinski definition) is 2. The Kier molecular flexibility index (Phi) is 5.33. The van der Waals surface area contributed by atoms with Gasteiger partial charge in [0.15, 0.2) is 0 Å². The Balaban J connectivity index is 1.10. The summed E-state index contributed by atoms with van der Waals surface area (Å²) in [5.74, 6) is 0.947. The van der Waals surface area contributed by atoms with Crippen molar-refractivity contribution in [1.82, 2.24) is 25.3 Å². The highest BCUT2D eigenvalue weighted by atomic mass is 16.2. The van der Waals surface area contributed by atoms with Gasteiger partial charge in [0.05, 0.1) is 18.2 Å². The minimum Gasteiger partial charge on any atom is -0.350 e. The van der Waals surface area contributed by atoms with Gasteiger partial charge in [0.1, 0.15) is 0 Å². The number of fused-ring (bicyclic) bond motifs is 1. The predicted molar refractivity (Wildman–Crippen MR) is 109 cm³/mol. The fourth-order valence-corrected chi connectivity index (χ4v) is 5.44. The van der Waals surface area contributed by atoms with E-state index >= 15 is 0 Å². The smallest absolute Gasteiger partial charge is 0.225 e. The number of carbonyl (C=O) groups is 2. The van der Waals surface area contributed by atoms with E-state index in [0.717, 1.165) is 83.2 Å². The average Bonchev–Trinajstić information content (AvgIpc) is 3.39. The molecule has 5 rings (SSSR count). The molecule has 0 aromatic carbocycles. The second-order valence-corrected chi connectivity index (χ2v) is 9.36. The van der Waals surface area contributed by atoms with Crippen LogP contribution < -0.4 is 5.32 Å². The van der Waals surface area contributed by atoms with Crippen LogP contribution >= 0.6 is 0 Å². The average molecular weight is 400 g/mol. The van der Waals surface area contributed by atoms with E-state index in [1.54, 1.807) is 0 Å². The van der Waals surface area contributed by atoms with Crippen molar-refractivity contribution in [2.24, 2.45) is 11.8 Å². The number of likely N-dealkylation sites (tertiary alicyclic amines) is 2. The maximum Gasteiger partial charge on any atom is 0.225 e. The third-order valence-electron chi connectivity index (χ3n) is 7.36. The van der Waals surface area contributed by atoms with Crippen LogP contribution in [-0.4, -0.2) is 64.0 Å². The first-order valence-corrected chi connectivity index (χ1v) is 11.5. The molecule has 0 unspecified atom stereocenters. The molecule has 2 saturated heterocycles. The van der Waals surface area contributed by atoms with E-state index in [-0.39, 0.29) is 11.8 Å². The van der Waals surface area contributed by atoms with Gasteiger partial charge in [-0.05, 0) is 69.9 Å². The summed E-state index contributed by atoms with van der Waals surface area (Å²) in [6.07, 6.45) is 9.67. The van der Waals surface area contributed by atoms with Crippen LogP contribution in [0.25, 0.3) is 0 Å². The predicted octanol–water partition coefficient (Wildman–Crippen LogP) is 1.63. The molecule has 158 valence electrons. The van der Waals surface area contributed by atoms with Crippen molar-refractivity contribution in [3.05, 3.63) is 17.0 Å². The van der Waals surface area contributed by atoms with Crippen molar-refractivity contribution in [3.8, 4) is 0 Å². The Labute approximate surface area is 172 Å². The number of nitrogens with zero attached hydrogens (tertiary/aromatic N) is 3. The molecule has 1 aromatic heterocycles. The minimum absolute atomic E-state index is 0.0712. The van der Waals surface area contributed by atoms with Gasteiger partial charge in [0.2, 0.25) is 11.8 Å². The van der Waals surface area contributed by atoms with Gasteiger partial charge < -0.3 is 10.2 Å². The number of H-pyrrole nitrogens is 1. The first-order chi connectivity index (χ1) is 14.2. The van der Waals surface area contributed by atoms with Crippen LogP contribution in [0.5, 0.6) is 0 Å².